The zero-order chi connectivity index (χ0) is 43.6. The molecule has 3 unspecified atom stereocenters. The molecule has 2 heteroatoms. The Bertz CT molecular complexity index is 1430. The van der Waals surface area contributed by atoms with E-state index >= 15 is 0 Å². The molecule has 0 spiro atoms. The van der Waals surface area contributed by atoms with E-state index in [9.17, 15) is 0 Å². The smallest absolute Gasteiger partial charge is 0.0531 e. The molecule has 2 nitrogen and oxygen atoms in total. The van der Waals surface area contributed by atoms with Crippen molar-refractivity contribution >= 4 is 0 Å². The molecule has 0 fully saturated rings. The van der Waals surface area contributed by atoms with Crippen LogP contribution in [0.5, 0.6) is 0 Å². The standard InChI is InChI=1S/C38H60N2.C9H12.C4H8.C2H6.C2H4/c1-10-15-16-22-33-27-30(7)38(35-25-19-21-29(6)26-35)36(28-33)24-18-17-23-34(12-3)32(9)40(14-5)37(20-11-2)31(8)39-13-4;1-2-6-9-7-4-3-5-8-9;1-4(2)3;2*1-2/h13-14,17,23,26-28,31,35,37,39H,4-5,10-12,15-16,18-22,24-25H2,1-3,6-9H3;3-5,7-8H,2,6H2,1H3;1H2,2-3H3;1-2H3;1-2H2/b23-17+,34-32+;;;;. The molecule has 1 N–H and O–H groups in total. The summed E-state index contributed by atoms with van der Waals surface area (Å²) >= 11 is 0. The van der Waals surface area contributed by atoms with Crippen LogP contribution in [0.2, 0.25) is 0 Å². The van der Waals surface area contributed by atoms with Gasteiger partial charge in [-0.1, -0.05) is 152 Å². The molecule has 0 heterocycles. The van der Waals surface area contributed by atoms with E-state index in [0.717, 1.165) is 32.1 Å². The topological polar surface area (TPSA) is 15.3 Å². The van der Waals surface area contributed by atoms with Gasteiger partial charge in [0, 0.05) is 17.7 Å². The third kappa shape index (κ3) is 23.3. The summed E-state index contributed by atoms with van der Waals surface area (Å²) in [6.45, 7) is 43.8. The second-order valence-electron chi connectivity index (χ2n) is 15.4. The van der Waals surface area contributed by atoms with Crippen LogP contribution >= 0.6 is 0 Å². The van der Waals surface area contributed by atoms with Crippen molar-refractivity contribution in [3.63, 3.8) is 0 Å². The molecule has 2 aromatic rings. The summed E-state index contributed by atoms with van der Waals surface area (Å²) in [5.41, 5.74) is 13.1. The SMILES string of the molecule is C=C.C=C(C)C.C=CNC(C)C(CCC)N(C=C)/C(C)=C(/C=C/CCc1cc(CCCCC)cc(C)c1C1C=C(C)CCC1)CC.CC.CCCc1ccccc1. The molecule has 0 radical (unpaired) electrons. The Kier molecular flexibility index (Phi) is 34.3. The minimum Gasteiger partial charge on any atom is -0.387 e. The number of hydrogen-bond acceptors (Lipinski definition) is 2. The van der Waals surface area contributed by atoms with Gasteiger partial charge in [0.05, 0.1) is 6.04 Å². The zero-order valence-electron chi connectivity index (χ0n) is 39.5. The molecule has 3 rings (SSSR count). The van der Waals surface area contributed by atoms with Crippen molar-refractivity contribution in [2.24, 2.45) is 0 Å². The number of allylic oxidation sites excluding steroid dienone is 7. The quantitative estimate of drug-likeness (QED) is 0.0818. The summed E-state index contributed by atoms with van der Waals surface area (Å²) in [6.07, 6.45) is 28.0. The highest BCUT2D eigenvalue weighted by Crippen LogP contribution is 2.36. The van der Waals surface area contributed by atoms with Crippen molar-refractivity contribution in [2.75, 3.05) is 0 Å². The highest BCUT2D eigenvalue weighted by Gasteiger charge is 2.23. The van der Waals surface area contributed by atoms with E-state index in [2.05, 4.69) is 159 Å². The first-order valence-corrected chi connectivity index (χ1v) is 22.6. The molecule has 320 valence electrons. The van der Waals surface area contributed by atoms with Crippen LogP contribution in [0.1, 0.15) is 181 Å². The Labute approximate surface area is 356 Å². The molecule has 0 saturated carbocycles. The fourth-order valence-electron chi connectivity index (χ4n) is 7.55. The van der Waals surface area contributed by atoms with E-state index in [1.807, 2.05) is 40.1 Å². The molecular weight excluding hydrogens is 689 g/mol. The van der Waals surface area contributed by atoms with Gasteiger partial charge in [0.1, 0.15) is 0 Å². The van der Waals surface area contributed by atoms with Crippen LogP contribution in [-0.4, -0.2) is 17.0 Å². The van der Waals surface area contributed by atoms with Crippen LogP contribution in [0.15, 0.2) is 128 Å². The highest BCUT2D eigenvalue weighted by atomic mass is 15.2. The van der Waals surface area contributed by atoms with Crippen LogP contribution in [0.3, 0.4) is 0 Å². The van der Waals surface area contributed by atoms with Gasteiger partial charge < -0.3 is 10.2 Å². The predicted octanol–water partition coefficient (Wildman–Crippen LogP) is 16.9. The Balaban J connectivity index is 0. The monoisotopic (exact) mass is 779 g/mol. The average molecular weight is 779 g/mol. The van der Waals surface area contributed by atoms with Crippen molar-refractivity contribution < 1.29 is 0 Å². The molecule has 1 aliphatic carbocycles. The molecule has 0 saturated heterocycles. The van der Waals surface area contributed by atoms with Crippen molar-refractivity contribution in [1.82, 2.24) is 10.2 Å². The van der Waals surface area contributed by atoms with Crippen LogP contribution in [0.4, 0.5) is 0 Å². The van der Waals surface area contributed by atoms with Gasteiger partial charge >= 0.3 is 0 Å². The lowest BCUT2D eigenvalue weighted by atomic mass is 9.80. The summed E-state index contributed by atoms with van der Waals surface area (Å²) in [7, 11) is 0. The number of aryl methyl sites for hydroxylation is 4. The molecule has 2 aromatic carbocycles. The number of benzene rings is 2. The second kappa shape index (κ2) is 35.4. The van der Waals surface area contributed by atoms with E-state index in [0.29, 0.717) is 18.0 Å². The van der Waals surface area contributed by atoms with Crippen molar-refractivity contribution in [2.45, 2.75) is 191 Å². The van der Waals surface area contributed by atoms with Gasteiger partial charge in [-0.3, -0.25) is 0 Å². The fourth-order valence-corrected chi connectivity index (χ4v) is 7.55. The van der Waals surface area contributed by atoms with E-state index in [4.69, 9.17) is 0 Å². The predicted molar refractivity (Wildman–Crippen MR) is 262 cm³/mol. The van der Waals surface area contributed by atoms with Gasteiger partial charge in [0.25, 0.3) is 0 Å². The maximum atomic E-state index is 4.19. The van der Waals surface area contributed by atoms with Crippen molar-refractivity contribution in [3.8, 4) is 0 Å². The summed E-state index contributed by atoms with van der Waals surface area (Å²) < 4.78 is 0. The molecule has 3 atom stereocenters. The molecule has 0 aliphatic heterocycles. The van der Waals surface area contributed by atoms with E-state index in [1.165, 1.54) is 91.3 Å². The fraction of sp³-hybridized carbons (Fsp3) is 0.527. The lowest BCUT2D eigenvalue weighted by molar-refractivity contribution is 0.265. The molecule has 0 amide bonds. The van der Waals surface area contributed by atoms with Gasteiger partial charge in [-0.05, 0) is 152 Å². The van der Waals surface area contributed by atoms with Crippen LogP contribution in [0.25, 0.3) is 0 Å². The Morgan fingerprint density at radius 3 is 2.05 bits per heavy atom. The molecule has 57 heavy (non-hydrogen) atoms. The third-order valence-corrected chi connectivity index (χ3v) is 10.2. The van der Waals surface area contributed by atoms with Gasteiger partial charge in [-0.15, -0.1) is 19.7 Å². The third-order valence-electron chi connectivity index (χ3n) is 10.2. The maximum Gasteiger partial charge on any atom is 0.0531 e. The molecule has 1 aliphatic rings. The molecule has 0 bridgehead atoms. The van der Waals surface area contributed by atoms with E-state index in [1.54, 1.807) is 16.7 Å². The first kappa shape index (κ1) is 55.3. The average Bonchev–Trinajstić information content (AvgIpc) is 3.20. The van der Waals surface area contributed by atoms with E-state index < -0.39 is 0 Å². The molecule has 0 aromatic heterocycles. The minimum atomic E-state index is 0.302. The first-order valence-electron chi connectivity index (χ1n) is 22.6. The number of rotatable bonds is 20. The number of nitrogens with one attached hydrogen (secondary N) is 1. The van der Waals surface area contributed by atoms with Gasteiger partial charge in [-0.2, -0.15) is 0 Å². The van der Waals surface area contributed by atoms with Gasteiger partial charge in [0.15, 0.2) is 0 Å². The van der Waals surface area contributed by atoms with Crippen LogP contribution in [0, 0.1) is 6.92 Å². The largest absolute Gasteiger partial charge is 0.387 e. The molecular formula is C55H90N2. The van der Waals surface area contributed by atoms with Crippen LogP contribution in [-0.2, 0) is 19.3 Å². The number of hydrogen-bond donors (Lipinski definition) is 1. The van der Waals surface area contributed by atoms with Crippen LogP contribution < -0.4 is 5.32 Å². The summed E-state index contributed by atoms with van der Waals surface area (Å²) in [4.78, 5) is 2.38. The first-order chi connectivity index (χ1) is 27.5. The Morgan fingerprint density at radius 1 is 0.877 bits per heavy atom. The van der Waals surface area contributed by atoms with Crippen molar-refractivity contribution in [1.29, 1.82) is 0 Å². The van der Waals surface area contributed by atoms with E-state index in [-0.39, 0.29) is 0 Å². The second-order valence-corrected chi connectivity index (χ2v) is 15.4. The maximum absolute atomic E-state index is 4.19. The lowest BCUT2D eigenvalue weighted by Gasteiger charge is -2.36. The van der Waals surface area contributed by atoms with Crippen molar-refractivity contribution in [3.05, 3.63) is 156 Å². The number of unbranched alkanes of at least 4 members (excludes halogenated alkanes) is 2. The van der Waals surface area contributed by atoms with Gasteiger partial charge in [-0.25, -0.2) is 0 Å². The van der Waals surface area contributed by atoms with Gasteiger partial charge in [0.2, 0.25) is 0 Å². The summed E-state index contributed by atoms with van der Waals surface area (Å²) in [6, 6.07) is 16.3. The highest BCUT2D eigenvalue weighted by molar-refractivity contribution is 5.44. The Hall–Kier alpha value is -3.78. The Morgan fingerprint density at radius 2 is 1.53 bits per heavy atom. The lowest BCUT2D eigenvalue weighted by Crippen LogP contribution is -2.44. The summed E-state index contributed by atoms with van der Waals surface area (Å²) in [5.74, 6) is 0.577. The minimum absolute atomic E-state index is 0.302. The number of nitrogens with zero attached hydrogens (tertiary/aromatic N) is 1. The zero-order valence-corrected chi connectivity index (χ0v) is 39.5. The summed E-state index contributed by atoms with van der Waals surface area (Å²) in [5, 5.41) is 3.42. The normalized spacial score (nSPS) is 14.5.